The monoisotopic (exact) mass is 343 g/mol. The van der Waals surface area contributed by atoms with Gasteiger partial charge in [0.1, 0.15) is 11.9 Å². The molecule has 1 aliphatic carbocycles. The molecule has 3 rings (SSSR count). The van der Waals surface area contributed by atoms with Gasteiger partial charge in [-0.15, -0.1) is 6.58 Å². The molecule has 1 saturated heterocycles. The summed E-state index contributed by atoms with van der Waals surface area (Å²) in [6.07, 6.45) is 8.04. The van der Waals surface area contributed by atoms with Crippen LogP contribution in [0, 0.1) is 29.0 Å². The van der Waals surface area contributed by atoms with E-state index < -0.39 is 5.82 Å². The third kappa shape index (κ3) is 4.48. The van der Waals surface area contributed by atoms with Gasteiger partial charge < -0.3 is 9.47 Å². The summed E-state index contributed by atoms with van der Waals surface area (Å²) in [5.41, 5.74) is 1.12. The fourth-order valence-corrected chi connectivity index (χ4v) is 3.95. The molecular formula is C21H26FNO2. The van der Waals surface area contributed by atoms with Crippen LogP contribution in [0.2, 0.25) is 0 Å². The van der Waals surface area contributed by atoms with E-state index in [1.165, 1.54) is 6.07 Å². The van der Waals surface area contributed by atoms with Crippen molar-refractivity contribution in [1.29, 1.82) is 5.26 Å². The smallest absolute Gasteiger partial charge is 0.160 e. The third-order valence-corrected chi connectivity index (χ3v) is 5.51. The van der Waals surface area contributed by atoms with Gasteiger partial charge in [-0.25, -0.2) is 4.39 Å². The number of ether oxygens (including phenoxy) is 2. The summed E-state index contributed by atoms with van der Waals surface area (Å²) in [5.74, 6) is 0.862. The van der Waals surface area contributed by atoms with Gasteiger partial charge in [0.25, 0.3) is 0 Å². The lowest BCUT2D eigenvalue weighted by Crippen LogP contribution is -2.38. The van der Waals surface area contributed by atoms with Crippen molar-refractivity contribution < 1.29 is 13.9 Å². The number of hydrogen-bond acceptors (Lipinski definition) is 3. The third-order valence-electron chi connectivity index (χ3n) is 5.51. The van der Waals surface area contributed by atoms with Crippen LogP contribution in [0.5, 0.6) is 0 Å². The molecule has 1 aromatic rings. The maximum Gasteiger partial charge on any atom is 0.160 e. The van der Waals surface area contributed by atoms with E-state index in [1.807, 2.05) is 18.2 Å². The highest BCUT2D eigenvalue weighted by Crippen LogP contribution is 2.39. The van der Waals surface area contributed by atoms with E-state index in [1.54, 1.807) is 6.07 Å². The van der Waals surface area contributed by atoms with Gasteiger partial charge in [0.2, 0.25) is 0 Å². The minimum Gasteiger partial charge on any atom is -0.352 e. The number of hydrogen-bond donors (Lipinski definition) is 0. The van der Waals surface area contributed by atoms with E-state index in [0.717, 1.165) is 57.3 Å². The molecule has 1 aliphatic heterocycles. The van der Waals surface area contributed by atoms with Crippen LogP contribution >= 0.6 is 0 Å². The van der Waals surface area contributed by atoms with Gasteiger partial charge in [0, 0.05) is 11.8 Å². The van der Waals surface area contributed by atoms with Gasteiger partial charge in [-0.1, -0.05) is 12.1 Å². The Balaban J connectivity index is 1.48. The van der Waals surface area contributed by atoms with E-state index in [4.69, 9.17) is 14.7 Å². The molecule has 2 fully saturated rings. The molecular weight excluding hydrogens is 317 g/mol. The summed E-state index contributed by atoms with van der Waals surface area (Å²) >= 11 is 0. The number of nitrogens with zero attached hydrogens (tertiary/aromatic N) is 1. The molecule has 3 nitrogen and oxygen atoms in total. The van der Waals surface area contributed by atoms with Gasteiger partial charge in [-0.2, -0.15) is 5.26 Å². The van der Waals surface area contributed by atoms with Crippen molar-refractivity contribution in [2.45, 2.75) is 50.7 Å². The number of rotatable bonds is 5. The summed E-state index contributed by atoms with van der Waals surface area (Å²) in [4.78, 5) is 0. The Morgan fingerprint density at radius 1 is 1.20 bits per heavy atom. The van der Waals surface area contributed by atoms with Crippen LogP contribution in [0.25, 0.3) is 0 Å². The first-order valence-corrected chi connectivity index (χ1v) is 9.25. The summed E-state index contributed by atoms with van der Waals surface area (Å²) < 4.78 is 25.8. The normalized spacial score (nSPS) is 29.8. The molecule has 0 atom stereocenters. The zero-order valence-corrected chi connectivity index (χ0v) is 14.6. The number of halogens is 1. The van der Waals surface area contributed by atoms with Crippen LogP contribution in [0.15, 0.2) is 30.9 Å². The fraction of sp³-hybridized carbons (Fsp3) is 0.571. The van der Waals surface area contributed by atoms with E-state index in [9.17, 15) is 4.39 Å². The highest BCUT2D eigenvalue weighted by Gasteiger charge is 2.32. The van der Waals surface area contributed by atoms with Gasteiger partial charge >= 0.3 is 0 Å². The van der Waals surface area contributed by atoms with Crippen LogP contribution in [-0.2, 0) is 9.47 Å². The van der Waals surface area contributed by atoms with Gasteiger partial charge in [-0.3, -0.25) is 0 Å². The second-order valence-corrected chi connectivity index (χ2v) is 7.23. The fourth-order valence-electron chi connectivity index (χ4n) is 3.95. The van der Waals surface area contributed by atoms with E-state index in [2.05, 4.69) is 6.58 Å². The molecule has 0 spiro atoms. The zero-order chi connectivity index (χ0) is 17.6. The molecule has 134 valence electrons. The lowest BCUT2D eigenvalue weighted by molar-refractivity contribution is -0.229. The minimum atomic E-state index is -0.411. The second kappa shape index (κ2) is 8.60. The average Bonchev–Trinajstić information content (AvgIpc) is 2.67. The van der Waals surface area contributed by atoms with Crippen molar-refractivity contribution in [2.24, 2.45) is 11.8 Å². The molecule has 0 amide bonds. The first kappa shape index (κ1) is 18.1. The quantitative estimate of drug-likeness (QED) is 0.712. The van der Waals surface area contributed by atoms with Crippen molar-refractivity contribution in [3.63, 3.8) is 0 Å². The Kier molecular flexibility index (Phi) is 6.23. The van der Waals surface area contributed by atoms with Crippen molar-refractivity contribution >= 4 is 0 Å². The van der Waals surface area contributed by atoms with Crippen LogP contribution in [-0.4, -0.2) is 19.5 Å². The Morgan fingerprint density at radius 3 is 2.52 bits per heavy atom. The standard InChI is InChI=1S/C21H26FNO2/c1-2-3-4-15-13-24-21(25-14-15)17-7-5-16(6-8-17)18-9-10-19(12-23)20(22)11-18/h2,9-11,15-17,21H,1,3-8,13-14H2. The summed E-state index contributed by atoms with van der Waals surface area (Å²) in [7, 11) is 0. The van der Waals surface area contributed by atoms with Crippen LogP contribution in [0.1, 0.15) is 55.6 Å². The molecule has 4 heteroatoms. The van der Waals surface area contributed by atoms with Gasteiger partial charge in [0.15, 0.2) is 6.29 Å². The van der Waals surface area contributed by atoms with Crippen LogP contribution < -0.4 is 0 Å². The Labute approximate surface area is 149 Å². The van der Waals surface area contributed by atoms with Crippen molar-refractivity contribution in [1.82, 2.24) is 0 Å². The largest absolute Gasteiger partial charge is 0.352 e. The zero-order valence-electron chi connectivity index (χ0n) is 14.6. The van der Waals surface area contributed by atoms with Gasteiger partial charge in [0.05, 0.1) is 18.8 Å². The minimum absolute atomic E-state index is 0.0846. The maximum atomic E-state index is 13.8. The maximum absolute atomic E-state index is 13.8. The molecule has 1 heterocycles. The highest BCUT2D eigenvalue weighted by molar-refractivity contribution is 5.34. The Morgan fingerprint density at radius 2 is 1.92 bits per heavy atom. The van der Waals surface area contributed by atoms with Crippen molar-refractivity contribution in [3.8, 4) is 6.07 Å². The van der Waals surface area contributed by atoms with Crippen LogP contribution in [0.4, 0.5) is 4.39 Å². The lowest BCUT2D eigenvalue weighted by Gasteiger charge is -2.37. The number of nitriles is 1. The first-order valence-electron chi connectivity index (χ1n) is 9.25. The lowest BCUT2D eigenvalue weighted by atomic mass is 9.78. The molecule has 0 N–H and O–H groups in total. The second-order valence-electron chi connectivity index (χ2n) is 7.23. The van der Waals surface area contributed by atoms with E-state index in [-0.39, 0.29) is 11.9 Å². The summed E-state index contributed by atoms with van der Waals surface area (Å²) in [6, 6.07) is 6.89. The Hall–Kier alpha value is -1.70. The molecule has 25 heavy (non-hydrogen) atoms. The van der Waals surface area contributed by atoms with E-state index >= 15 is 0 Å². The summed E-state index contributed by atoms with van der Waals surface area (Å²) in [6.45, 7) is 5.31. The summed E-state index contributed by atoms with van der Waals surface area (Å²) in [5, 5.41) is 8.84. The van der Waals surface area contributed by atoms with E-state index in [0.29, 0.717) is 17.8 Å². The SMILES string of the molecule is C=CCCC1COC(C2CCC(c3ccc(C#N)c(F)c3)CC2)OC1. The number of allylic oxidation sites excluding steroid dienone is 1. The average molecular weight is 343 g/mol. The molecule has 0 aromatic heterocycles. The molecule has 1 saturated carbocycles. The van der Waals surface area contributed by atoms with Gasteiger partial charge in [-0.05, 0) is 62.1 Å². The highest BCUT2D eigenvalue weighted by atomic mass is 19.1. The number of benzene rings is 1. The molecule has 0 radical (unpaired) electrons. The predicted molar refractivity (Wildman–Crippen MR) is 94.4 cm³/mol. The predicted octanol–water partition coefficient (Wildman–Crippen LogP) is 4.93. The molecule has 0 bridgehead atoms. The molecule has 2 aliphatic rings. The Bertz CT molecular complexity index is 623. The van der Waals surface area contributed by atoms with Crippen LogP contribution in [0.3, 0.4) is 0 Å². The van der Waals surface area contributed by atoms with Crippen molar-refractivity contribution in [3.05, 3.63) is 47.8 Å². The molecule has 0 unspecified atom stereocenters. The molecule has 1 aromatic carbocycles. The first-order chi connectivity index (χ1) is 12.2. The van der Waals surface area contributed by atoms with Crippen molar-refractivity contribution in [2.75, 3.05) is 13.2 Å². The topological polar surface area (TPSA) is 42.2 Å².